The van der Waals surface area contributed by atoms with Crippen molar-refractivity contribution < 1.29 is 4.74 Å². The first kappa shape index (κ1) is 12.6. The number of halogens is 1. The summed E-state index contributed by atoms with van der Waals surface area (Å²) in [6.45, 7) is 2.76. The van der Waals surface area contributed by atoms with Crippen molar-refractivity contribution in [3.63, 3.8) is 0 Å². The number of methoxy groups -OCH3 is 1. The van der Waals surface area contributed by atoms with Crippen LogP contribution in [0.15, 0.2) is 18.2 Å². The van der Waals surface area contributed by atoms with E-state index in [-0.39, 0.29) is 6.04 Å². The lowest BCUT2D eigenvalue weighted by atomic mass is 10.2. The maximum absolute atomic E-state index is 6.03. The average Bonchev–Trinajstić information content (AvgIpc) is 2.62. The molecule has 1 unspecified atom stereocenters. The number of H-pyrrole nitrogens is 1. The maximum Gasteiger partial charge on any atom is 0.178 e. The van der Waals surface area contributed by atoms with Crippen molar-refractivity contribution in [1.82, 2.24) is 9.55 Å². The van der Waals surface area contributed by atoms with E-state index in [0.29, 0.717) is 16.4 Å². The second kappa shape index (κ2) is 5.21. The zero-order valence-corrected chi connectivity index (χ0v) is 11.4. The first-order chi connectivity index (χ1) is 8.17. The summed E-state index contributed by atoms with van der Waals surface area (Å²) in [5, 5.41) is 0.715. The summed E-state index contributed by atoms with van der Waals surface area (Å²) in [5.41, 5.74) is 2.04. The number of hydrogen-bond acceptors (Lipinski definition) is 2. The minimum Gasteiger partial charge on any atom is -0.383 e. The molecule has 92 valence electrons. The van der Waals surface area contributed by atoms with Gasteiger partial charge in [0.1, 0.15) is 0 Å². The number of fused-ring (bicyclic) bond motifs is 1. The highest BCUT2D eigenvalue weighted by molar-refractivity contribution is 7.71. The van der Waals surface area contributed by atoms with Gasteiger partial charge in [-0.3, -0.25) is 0 Å². The fourth-order valence-corrected chi connectivity index (χ4v) is 2.55. The standard InChI is InChI=1S/C12H15ClN2OS/c1-3-9(7-16-2)15-11-6-8(13)4-5-10(11)14-12(15)17/h4-6,9H,3,7H2,1-2H3,(H,14,17). The minimum absolute atomic E-state index is 0.236. The van der Waals surface area contributed by atoms with Gasteiger partial charge < -0.3 is 14.3 Å². The molecule has 5 heteroatoms. The fraction of sp³-hybridized carbons (Fsp3) is 0.417. The predicted octanol–water partition coefficient (Wildman–Crippen LogP) is 3.95. The van der Waals surface area contributed by atoms with Gasteiger partial charge in [-0.2, -0.15) is 0 Å². The molecule has 0 fully saturated rings. The Morgan fingerprint density at radius 2 is 2.29 bits per heavy atom. The van der Waals surface area contributed by atoms with Crippen LogP contribution in [0.3, 0.4) is 0 Å². The second-order valence-corrected chi connectivity index (χ2v) is 4.80. The van der Waals surface area contributed by atoms with Crippen molar-refractivity contribution in [1.29, 1.82) is 0 Å². The number of aromatic nitrogens is 2. The lowest BCUT2D eigenvalue weighted by molar-refractivity contribution is 0.154. The molecule has 3 nitrogen and oxygen atoms in total. The number of hydrogen-bond donors (Lipinski definition) is 1. The summed E-state index contributed by atoms with van der Waals surface area (Å²) in [4.78, 5) is 3.19. The van der Waals surface area contributed by atoms with Crippen molar-refractivity contribution in [2.75, 3.05) is 13.7 Å². The van der Waals surface area contributed by atoms with Crippen LogP contribution in [0.25, 0.3) is 11.0 Å². The maximum atomic E-state index is 6.03. The van der Waals surface area contributed by atoms with Crippen molar-refractivity contribution in [3.05, 3.63) is 28.0 Å². The normalized spacial score (nSPS) is 13.1. The smallest absolute Gasteiger partial charge is 0.178 e. The predicted molar refractivity (Wildman–Crippen MR) is 73.3 cm³/mol. The van der Waals surface area contributed by atoms with Gasteiger partial charge in [-0.05, 0) is 36.8 Å². The zero-order valence-electron chi connectivity index (χ0n) is 9.87. The lowest BCUT2D eigenvalue weighted by Crippen LogP contribution is -2.13. The summed E-state index contributed by atoms with van der Waals surface area (Å²) in [6.07, 6.45) is 0.960. The van der Waals surface area contributed by atoms with Crippen LogP contribution in [0.2, 0.25) is 5.02 Å². The van der Waals surface area contributed by atoms with Crippen LogP contribution in [0.1, 0.15) is 19.4 Å². The van der Waals surface area contributed by atoms with E-state index in [0.717, 1.165) is 17.5 Å². The molecule has 1 heterocycles. The van der Waals surface area contributed by atoms with Gasteiger partial charge in [-0.1, -0.05) is 18.5 Å². The summed E-state index contributed by atoms with van der Waals surface area (Å²) >= 11 is 11.4. The van der Waals surface area contributed by atoms with E-state index in [1.807, 2.05) is 18.2 Å². The molecule has 0 saturated heterocycles. The third kappa shape index (κ3) is 2.39. The Kier molecular flexibility index (Phi) is 3.86. The van der Waals surface area contributed by atoms with Gasteiger partial charge in [0, 0.05) is 12.1 Å². The molecule has 0 bridgehead atoms. The van der Waals surface area contributed by atoms with Crippen LogP contribution in [0.5, 0.6) is 0 Å². The molecule has 1 aromatic heterocycles. The Labute approximate surface area is 110 Å². The molecule has 1 atom stereocenters. The van der Waals surface area contributed by atoms with Gasteiger partial charge in [0.2, 0.25) is 0 Å². The topological polar surface area (TPSA) is 29.9 Å². The Morgan fingerprint density at radius 3 is 2.94 bits per heavy atom. The molecule has 0 radical (unpaired) electrons. The molecular weight excluding hydrogens is 256 g/mol. The molecule has 0 aliphatic heterocycles. The van der Waals surface area contributed by atoms with Crippen molar-refractivity contribution >= 4 is 34.9 Å². The molecule has 1 aromatic carbocycles. The molecule has 0 saturated carbocycles. The molecule has 2 aromatic rings. The minimum atomic E-state index is 0.236. The van der Waals surface area contributed by atoms with Gasteiger partial charge in [0.25, 0.3) is 0 Å². The molecule has 0 spiro atoms. The molecule has 2 rings (SSSR count). The zero-order chi connectivity index (χ0) is 12.4. The lowest BCUT2D eigenvalue weighted by Gasteiger charge is -2.16. The van der Waals surface area contributed by atoms with E-state index in [2.05, 4.69) is 16.5 Å². The van der Waals surface area contributed by atoms with E-state index in [1.54, 1.807) is 7.11 Å². The SMILES string of the molecule is CCC(COC)n1c(=S)[nH]c2ccc(Cl)cc21. The van der Waals surface area contributed by atoms with Crippen LogP contribution in [-0.2, 0) is 4.74 Å². The third-order valence-corrected chi connectivity index (χ3v) is 3.41. The van der Waals surface area contributed by atoms with E-state index in [4.69, 9.17) is 28.6 Å². The third-order valence-electron chi connectivity index (χ3n) is 2.88. The molecule has 0 amide bonds. The number of benzene rings is 1. The number of ether oxygens (including phenoxy) is 1. The van der Waals surface area contributed by atoms with E-state index >= 15 is 0 Å². The van der Waals surface area contributed by atoms with Crippen LogP contribution in [0, 0.1) is 4.77 Å². The Hall–Kier alpha value is -0.840. The van der Waals surface area contributed by atoms with Gasteiger partial charge in [-0.25, -0.2) is 0 Å². The Bertz CT molecular complexity index is 575. The Balaban J connectivity index is 2.62. The van der Waals surface area contributed by atoms with E-state index in [9.17, 15) is 0 Å². The van der Waals surface area contributed by atoms with Gasteiger partial charge >= 0.3 is 0 Å². The van der Waals surface area contributed by atoms with Crippen molar-refractivity contribution in [2.45, 2.75) is 19.4 Å². The summed E-state index contributed by atoms with van der Waals surface area (Å²) < 4.78 is 8.04. The molecule has 0 aliphatic carbocycles. The van der Waals surface area contributed by atoms with Crippen molar-refractivity contribution in [3.8, 4) is 0 Å². The second-order valence-electron chi connectivity index (χ2n) is 3.98. The molecular formula is C12H15ClN2OS. The number of aromatic amines is 1. The van der Waals surface area contributed by atoms with E-state index < -0.39 is 0 Å². The number of nitrogens with zero attached hydrogens (tertiary/aromatic N) is 1. The highest BCUT2D eigenvalue weighted by Crippen LogP contribution is 2.24. The summed E-state index contributed by atoms with van der Waals surface area (Å²) in [6, 6.07) is 5.97. The summed E-state index contributed by atoms with van der Waals surface area (Å²) in [7, 11) is 1.70. The first-order valence-corrected chi connectivity index (χ1v) is 6.34. The monoisotopic (exact) mass is 270 g/mol. The molecule has 1 N–H and O–H groups in total. The van der Waals surface area contributed by atoms with E-state index in [1.165, 1.54) is 0 Å². The highest BCUT2D eigenvalue weighted by atomic mass is 35.5. The largest absolute Gasteiger partial charge is 0.383 e. The average molecular weight is 271 g/mol. The summed E-state index contributed by atoms with van der Waals surface area (Å²) in [5.74, 6) is 0. The van der Waals surface area contributed by atoms with Gasteiger partial charge in [-0.15, -0.1) is 0 Å². The number of nitrogens with one attached hydrogen (secondary N) is 1. The molecule has 0 aliphatic rings. The highest BCUT2D eigenvalue weighted by Gasteiger charge is 2.13. The van der Waals surface area contributed by atoms with Gasteiger partial charge in [0.15, 0.2) is 4.77 Å². The van der Waals surface area contributed by atoms with Crippen LogP contribution >= 0.6 is 23.8 Å². The first-order valence-electron chi connectivity index (χ1n) is 5.56. The van der Waals surface area contributed by atoms with Crippen LogP contribution in [0.4, 0.5) is 0 Å². The van der Waals surface area contributed by atoms with Crippen LogP contribution < -0.4 is 0 Å². The fourth-order valence-electron chi connectivity index (χ4n) is 2.02. The number of imidazole rings is 1. The molecule has 17 heavy (non-hydrogen) atoms. The van der Waals surface area contributed by atoms with Gasteiger partial charge in [0.05, 0.1) is 23.7 Å². The quantitative estimate of drug-likeness (QED) is 0.853. The number of rotatable bonds is 4. The van der Waals surface area contributed by atoms with Crippen LogP contribution in [-0.4, -0.2) is 23.3 Å². The van der Waals surface area contributed by atoms with Crippen molar-refractivity contribution in [2.24, 2.45) is 0 Å². The Morgan fingerprint density at radius 1 is 1.53 bits per heavy atom.